The molecule has 1 aliphatic carbocycles. The van der Waals surface area contributed by atoms with Gasteiger partial charge in [-0.2, -0.15) is 5.10 Å². The molecule has 3 N–H and O–H groups in total. The normalized spacial score (nSPS) is 17.2. The summed E-state index contributed by atoms with van der Waals surface area (Å²) in [5, 5.41) is 7.37. The van der Waals surface area contributed by atoms with Gasteiger partial charge in [0.1, 0.15) is 5.84 Å². The van der Waals surface area contributed by atoms with E-state index >= 15 is 0 Å². The molecule has 0 saturated heterocycles. The van der Waals surface area contributed by atoms with E-state index in [4.69, 9.17) is 5.84 Å². The van der Waals surface area contributed by atoms with Crippen LogP contribution in [0.1, 0.15) is 43.2 Å². The van der Waals surface area contributed by atoms with E-state index in [2.05, 4.69) is 51.5 Å². The lowest BCUT2D eigenvalue weighted by molar-refractivity contribution is 0.356. The maximum Gasteiger partial charge on any atom is 0.126 e. The molecule has 2 rings (SSSR count). The van der Waals surface area contributed by atoms with Gasteiger partial charge in [0, 0.05) is 17.4 Å². The van der Waals surface area contributed by atoms with E-state index in [1.165, 1.54) is 43.2 Å². The van der Waals surface area contributed by atoms with E-state index in [9.17, 15) is 0 Å². The summed E-state index contributed by atoms with van der Waals surface area (Å²) in [7, 11) is 0. The Morgan fingerprint density at radius 3 is 2.80 bits per heavy atom. The van der Waals surface area contributed by atoms with Gasteiger partial charge in [0.05, 0.1) is 0 Å². The van der Waals surface area contributed by atoms with E-state index in [-0.39, 0.29) is 0 Å². The van der Waals surface area contributed by atoms with Crippen molar-refractivity contribution in [1.82, 2.24) is 5.32 Å². The molecule has 0 bridgehead atoms. The molecule has 0 spiro atoms. The average Bonchev–Trinajstić information content (AvgIpc) is 2.48. The van der Waals surface area contributed by atoms with Gasteiger partial charge in [-0.25, -0.2) is 0 Å². The highest BCUT2D eigenvalue weighted by Gasteiger charge is 2.14. The van der Waals surface area contributed by atoms with Crippen LogP contribution in [0.15, 0.2) is 27.8 Å². The molecule has 4 heteroatoms. The Bertz CT molecular complexity index is 465. The fraction of sp³-hybridized carbons (Fsp3) is 0.562. The van der Waals surface area contributed by atoms with Crippen LogP contribution < -0.4 is 11.2 Å². The van der Waals surface area contributed by atoms with Crippen LogP contribution in [0, 0.1) is 12.8 Å². The van der Waals surface area contributed by atoms with Crippen molar-refractivity contribution in [2.24, 2.45) is 16.9 Å². The Balaban J connectivity index is 1.90. The van der Waals surface area contributed by atoms with Gasteiger partial charge in [0.25, 0.3) is 0 Å². The summed E-state index contributed by atoms with van der Waals surface area (Å²) < 4.78 is 1.10. The fourth-order valence-electron chi connectivity index (χ4n) is 2.82. The van der Waals surface area contributed by atoms with Gasteiger partial charge in [-0.3, -0.25) is 0 Å². The first-order valence-electron chi connectivity index (χ1n) is 7.44. The van der Waals surface area contributed by atoms with Crippen molar-refractivity contribution in [1.29, 1.82) is 0 Å². The Labute approximate surface area is 130 Å². The summed E-state index contributed by atoms with van der Waals surface area (Å²) in [5.74, 6) is 7.21. The predicted octanol–water partition coefficient (Wildman–Crippen LogP) is 3.74. The molecule has 20 heavy (non-hydrogen) atoms. The molecule has 1 aromatic rings. The monoisotopic (exact) mass is 337 g/mol. The van der Waals surface area contributed by atoms with Crippen LogP contribution in [0.5, 0.6) is 0 Å². The number of hydrogen-bond donors (Lipinski definition) is 2. The van der Waals surface area contributed by atoms with Gasteiger partial charge in [-0.1, -0.05) is 41.3 Å². The first-order chi connectivity index (χ1) is 9.69. The van der Waals surface area contributed by atoms with Crippen molar-refractivity contribution in [2.45, 2.75) is 45.4 Å². The molecule has 110 valence electrons. The van der Waals surface area contributed by atoms with Crippen molar-refractivity contribution < 1.29 is 0 Å². The number of nitrogens with two attached hydrogens (primary N) is 1. The number of amidine groups is 1. The molecule has 0 atom stereocenters. The van der Waals surface area contributed by atoms with Crippen LogP contribution in [0.4, 0.5) is 0 Å². The van der Waals surface area contributed by atoms with E-state index in [1.54, 1.807) is 0 Å². The molecule has 1 fully saturated rings. The molecule has 0 aromatic heterocycles. The smallest absolute Gasteiger partial charge is 0.126 e. The second-order valence-electron chi connectivity index (χ2n) is 5.71. The predicted molar refractivity (Wildman–Crippen MR) is 88.8 cm³/mol. The molecular formula is C16H24BrN3. The van der Waals surface area contributed by atoms with Crippen LogP contribution in [0.3, 0.4) is 0 Å². The highest BCUT2D eigenvalue weighted by Crippen LogP contribution is 2.23. The summed E-state index contributed by atoms with van der Waals surface area (Å²) in [5.41, 5.74) is 2.54. The molecule has 0 radical (unpaired) electrons. The van der Waals surface area contributed by atoms with Crippen molar-refractivity contribution in [2.75, 3.05) is 6.54 Å². The zero-order valence-electron chi connectivity index (χ0n) is 12.2. The quantitative estimate of drug-likeness (QED) is 0.380. The first kappa shape index (κ1) is 15.4. The Hall–Kier alpha value is -1.03. The number of rotatable bonds is 4. The molecule has 0 heterocycles. The van der Waals surface area contributed by atoms with Gasteiger partial charge in [0.15, 0.2) is 0 Å². The van der Waals surface area contributed by atoms with Crippen LogP contribution >= 0.6 is 15.9 Å². The van der Waals surface area contributed by atoms with Crippen LogP contribution in [0.25, 0.3) is 0 Å². The number of hydrogen-bond acceptors (Lipinski definition) is 2. The molecular weight excluding hydrogens is 314 g/mol. The van der Waals surface area contributed by atoms with Crippen LogP contribution in [-0.2, 0) is 6.42 Å². The topological polar surface area (TPSA) is 50.4 Å². The van der Waals surface area contributed by atoms with Crippen molar-refractivity contribution in [3.8, 4) is 0 Å². The molecule has 1 aliphatic rings. The SMILES string of the molecule is Cc1ccc(Br)cc1C/C(=N/N)NCC1CCCCC1. The number of benzene rings is 1. The molecule has 1 aromatic carbocycles. The maximum absolute atomic E-state index is 5.54. The lowest BCUT2D eigenvalue weighted by Gasteiger charge is -2.22. The number of aryl methyl sites for hydroxylation is 1. The van der Waals surface area contributed by atoms with E-state index in [0.29, 0.717) is 0 Å². The van der Waals surface area contributed by atoms with Gasteiger partial charge >= 0.3 is 0 Å². The number of nitrogens with zero attached hydrogens (tertiary/aromatic N) is 1. The summed E-state index contributed by atoms with van der Waals surface area (Å²) in [4.78, 5) is 0. The highest BCUT2D eigenvalue weighted by atomic mass is 79.9. The van der Waals surface area contributed by atoms with Gasteiger partial charge < -0.3 is 11.2 Å². The van der Waals surface area contributed by atoms with Gasteiger partial charge in [-0.05, 0) is 48.9 Å². The minimum Gasteiger partial charge on any atom is -0.372 e. The molecule has 0 amide bonds. The number of halogens is 1. The minimum absolute atomic E-state index is 0.772. The zero-order valence-corrected chi connectivity index (χ0v) is 13.7. The fourth-order valence-corrected chi connectivity index (χ4v) is 3.23. The van der Waals surface area contributed by atoms with Gasteiger partial charge in [-0.15, -0.1) is 0 Å². The lowest BCUT2D eigenvalue weighted by atomic mass is 9.89. The average molecular weight is 338 g/mol. The van der Waals surface area contributed by atoms with E-state index < -0.39 is 0 Å². The molecule has 3 nitrogen and oxygen atoms in total. The third-order valence-electron chi connectivity index (χ3n) is 4.14. The van der Waals surface area contributed by atoms with Crippen molar-refractivity contribution >= 4 is 21.8 Å². The minimum atomic E-state index is 0.772. The van der Waals surface area contributed by atoms with Crippen LogP contribution in [0.2, 0.25) is 0 Å². The Kier molecular flexibility index (Phi) is 5.89. The third kappa shape index (κ3) is 4.51. The second-order valence-corrected chi connectivity index (χ2v) is 6.62. The third-order valence-corrected chi connectivity index (χ3v) is 4.64. The summed E-state index contributed by atoms with van der Waals surface area (Å²) in [6, 6.07) is 6.32. The second kappa shape index (κ2) is 7.67. The number of nitrogens with one attached hydrogen (secondary N) is 1. The Morgan fingerprint density at radius 1 is 1.35 bits per heavy atom. The Morgan fingerprint density at radius 2 is 2.10 bits per heavy atom. The largest absolute Gasteiger partial charge is 0.372 e. The summed E-state index contributed by atoms with van der Waals surface area (Å²) in [6.07, 6.45) is 7.57. The van der Waals surface area contributed by atoms with Crippen molar-refractivity contribution in [3.63, 3.8) is 0 Å². The molecule has 0 aliphatic heterocycles. The van der Waals surface area contributed by atoms with Crippen molar-refractivity contribution in [3.05, 3.63) is 33.8 Å². The molecule has 0 unspecified atom stereocenters. The van der Waals surface area contributed by atoms with E-state index in [1.807, 2.05) is 0 Å². The zero-order chi connectivity index (χ0) is 14.4. The first-order valence-corrected chi connectivity index (χ1v) is 8.24. The van der Waals surface area contributed by atoms with E-state index in [0.717, 1.165) is 29.2 Å². The van der Waals surface area contributed by atoms with Crippen LogP contribution in [-0.4, -0.2) is 12.4 Å². The lowest BCUT2D eigenvalue weighted by Crippen LogP contribution is -2.32. The molecule has 1 saturated carbocycles. The maximum atomic E-state index is 5.54. The highest BCUT2D eigenvalue weighted by molar-refractivity contribution is 9.10. The summed E-state index contributed by atoms with van der Waals surface area (Å²) in [6.45, 7) is 3.13. The number of hydrazone groups is 1. The summed E-state index contributed by atoms with van der Waals surface area (Å²) >= 11 is 3.52. The van der Waals surface area contributed by atoms with Gasteiger partial charge in [0.2, 0.25) is 0 Å². The standard InChI is InChI=1S/C16H24BrN3/c1-12-7-8-15(17)9-14(12)10-16(20-18)19-11-13-5-3-2-4-6-13/h7-9,13H,2-6,10-11,18H2,1H3,(H,19,20).